The van der Waals surface area contributed by atoms with Crippen molar-refractivity contribution in [2.75, 3.05) is 32.7 Å². The molecule has 3 rings (SSSR count). The molecule has 1 aliphatic rings. The standard InChI is InChI=1S/C18H21F3N4O3/c1-27-8-7-22-17(26)13-10-23-25-15(18(19,20)21)9-14(24-16(13)25)11-3-5-12(28-2)6-4-11/h3-6,10,14-15,24H,7-9H2,1-2H3,(H,22,26)/t14-,15-/m0/s1. The van der Waals surface area contributed by atoms with Crippen molar-refractivity contribution in [1.82, 2.24) is 15.1 Å². The SMILES string of the molecule is COCCNC(=O)c1cnn2c1N[C@H](c1ccc(OC)cc1)C[C@H]2C(F)(F)F. The highest BCUT2D eigenvalue weighted by Crippen LogP contribution is 2.44. The molecule has 2 aromatic rings. The number of halogens is 3. The van der Waals surface area contributed by atoms with Crippen LogP contribution in [0.3, 0.4) is 0 Å². The molecule has 0 radical (unpaired) electrons. The lowest BCUT2D eigenvalue weighted by Crippen LogP contribution is -2.36. The number of anilines is 1. The summed E-state index contributed by atoms with van der Waals surface area (Å²) in [6, 6.07) is 4.31. The van der Waals surface area contributed by atoms with E-state index in [4.69, 9.17) is 9.47 Å². The third-order valence-electron chi connectivity index (χ3n) is 4.59. The Morgan fingerprint density at radius 2 is 2.04 bits per heavy atom. The first-order valence-electron chi connectivity index (χ1n) is 8.67. The van der Waals surface area contributed by atoms with Crippen LogP contribution in [-0.4, -0.2) is 49.2 Å². The van der Waals surface area contributed by atoms with Crippen LogP contribution in [0.1, 0.15) is 34.4 Å². The molecule has 1 amide bonds. The van der Waals surface area contributed by atoms with Gasteiger partial charge in [0.25, 0.3) is 5.91 Å². The number of ether oxygens (including phenoxy) is 2. The van der Waals surface area contributed by atoms with Gasteiger partial charge in [-0.1, -0.05) is 12.1 Å². The highest BCUT2D eigenvalue weighted by atomic mass is 19.4. The zero-order valence-corrected chi connectivity index (χ0v) is 15.4. The lowest BCUT2D eigenvalue weighted by Gasteiger charge is -2.34. The Balaban J connectivity index is 1.92. The van der Waals surface area contributed by atoms with Crippen molar-refractivity contribution in [2.45, 2.75) is 24.7 Å². The van der Waals surface area contributed by atoms with Crippen molar-refractivity contribution in [3.8, 4) is 5.75 Å². The first kappa shape index (κ1) is 20.0. The Kier molecular flexibility index (Phi) is 5.78. The maximum atomic E-state index is 13.7. The fourth-order valence-corrected chi connectivity index (χ4v) is 3.15. The number of nitrogens with zero attached hydrogens (tertiary/aromatic N) is 2. The molecule has 1 aliphatic heterocycles. The predicted octanol–water partition coefficient (Wildman–Crippen LogP) is 2.93. The summed E-state index contributed by atoms with van der Waals surface area (Å²) < 4.78 is 51.8. The van der Waals surface area contributed by atoms with Crippen LogP contribution < -0.4 is 15.4 Å². The monoisotopic (exact) mass is 398 g/mol. The maximum absolute atomic E-state index is 13.7. The number of methoxy groups -OCH3 is 2. The normalized spacial score (nSPS) is 18.9. The minimum Gasteiger partial charge on any atom is -0.497 e. The van der Waals surface area contributed by atoms with Crippen LogP contribution in [0.5, 0.6) is 5.75 Å². The van der Waals surface area contributed by atoms with E-state index in [0.29, 0.717) is 17.9 Å². The van der Waals surface area contributed by atoms with E-state index >= 15 is 0 Å². The molecule has 0 saturated carbocycles. The summed E-state index contributed by atoms with van der Waals surface area (Å²) in [5.74, 6) is 0.140. The predicted molar refractivity (Wildman–Crippen MR) is 95.5 cm³/mol. The number of amides is 1. The molecule has 1 aromatic heterocycles. The molecule has 2 N–H and O–H groups in total. The van der Waals surface area contributed by atoms with E-state index in [-0.39, 0.29) is 24.3 Å². The number of fused-ring (bicyclic) bond motifs is 1. The molecule has 0 saturated heterocycles. The quantitative estimate of drug-likeness (QED) is 0.732. The van der Waals surface area contributed by atoms with Crippen molar-refractivity contribution in [2.24, 2.45) is 0 Å². The molecule has 28 heavy (non-hydrogen) atoms. The average Bonchev–Trinajstić information content (AvgIpc) is 3.10. The molecule has 2 atom stereocenters. The van der Waals surface area contributed by atoms with Gasteiger partial charge in [0.05, 0.1) is 26.0 Å². The van der Waals surface area contributed by atoms with Crippen LogP contribution in [0.25, 0.3) is 0 Å². The fourth-order valence-electron chi connectivity index (χ4n) is 3.15. The number of aromatic nitrogens is 2. The highest BCUT2D eigenvalue weighted by Gasteiger charge is 2.47. The minimum absolute atomic E-state index is 0.0457. The summed E-state index contributed by atoms with van der Waals surface area (Å²) in [4.78, 5) is 12.4. The van der Waals surface area contributed by atoms with Crippen LogP contribution in [-0.2, 0) is 4.74 Å². The van der Waals surface area contributed by atoms with Gasteiger partial charge in [-0.25, -0.2) is 4.68 Å². The number of carbonyl (C=O) groups excluding carboxylic acids is 1. The van der Waals surface area contributed by atoms with E-state index in [1.54, 1.807) is 24.3 Å². The van der Waals surface area contributed by atoms with Gasteiger partial charge in [0.15, 0.2) is 6.04 Å². The summed E-state index contributed by atoms with van der Waals surface area (Å²) >= 11 is 0. The Labute approximate surface area is 159 Å². The molecule has 0 fully saturated rings. The lowest BCUT2D eigenvalue weighted by atomic mass is 9.96. The highest BCUT2D eigenvalue weighted by molar-refractivity contribution is 5.98. The number of carbonyl (C=O) groups is 1. The summed E-state index contributed by atoms with van der Waals surface area (Å²) in [6.07, 6.45) is -3.59. The van der Waals surface area contributed by atoms with Gasteiger partial charge in [-0.15, -0.1) is 0 Å². The molecular weight excluding hydrogens is 377 g/mol. The smallest absolute Gasteiger partial charge is 0.410 e. The largest absolute Gasteiger partial charge is 0.497 e. The van der Waals surface area contributed by atoms with Gasteiger partial charge in [0.2, 0.25) is 0 Å². The van der Waals surface area contributed by atoms with Gasteiger partial charge in [-0.3, -0.25) is 4.79 Å². The first-order chi connectivity index (χ1) is 13.3. The van der Waals surface area contributed by atoms with Crippen LogP contribution in [0.4, 0.5) is 19.0 Å². The first-order valence-corrected chi connectivity index (χ1v) is 8.67. The molecule has 0 unspecified atom stereocenters. The minimum atomic E-state index is -4.50. The maximum Gasteiger partial charge on any atom is 0.410 e. The number of alkyl halides is 3. The van der Waals surface area contributed by atoms with Crippen molar-refractivity contribution >= 4 is 11.7 Å². The zero-order chi connectivity index (χ0) is 20.3. The molecular formula is C18H21F3N4O3. The third kappa shape index (κ3) is 4.06. The molecule has 0 bridgehead atoms. The van der Waals surface area contributed by atoms with E-state index in [0.717, 1.165) is 10.9 Å². The summed E-state index contributed by atoms with van der Waals surface area (Å²) in [6.45, 7) is 0.535. The molecule has 0 spiro atoms. The second-order valence-corrected chi connectivity index (χ2v) is 6.36. The zero-order valence-electron chi connectivity index (χ0n) is 15.4. The van der Waals surface area contributed by atoms with Crippen LogP contribution >= 0.6 is 0 Å². The Morgan fingerprint density at radius 1 is 1.32 bits per heavy atom. The van der Waals surface area contributed by atoms with E-state index in [2.05, 4.69) is 15.7 Å². The van der Waals surface area contributed by atoms with Gasteiger partial charge in [0, 0.05) is 20.1 Å². The molecule has 152 valence electrons. The van der Waals surface area contributed by atoms with Crippen LogP contribution in [0.2, 0.25) is 0 Å². The van der Waals surface area contributed by atoms with Crippen LogP contribution in [0.15, 0.2) is 30.5 Å². The molecule has 2 heterocycles. The van der Waals surface area contributed by atoms with Gasteiger partial charge < -0.3 is 20.1 Å². The second kappa shape index (κ2) is 8.09. The molecule has 10 heteroatoms. The van der Waals surface area contributed by atoms with E-state index in [1.165, 1.54) is 14.2 Å². The van der Waals surface area contributed by atoms with Crippen molar-refractivity contribution in [1.29, 1.82) is 0 Å². The van der Waals surface area contributed by atoms with Crippen molar-refractivity contribution in [3.05, 3.63) is 41.6 Å². The summed E-state index contributed by atoms with van der Waals surface area (Å²) in [5, 5.41) is 9.48. The Morgan fingerprint density at radius 3 is 2.64 bits per heavy atom. The van der Waals surface area contributed by atoms with E-state index < -0.39 is 24.2 Å². The van der Waals surface area contributed by atoms with Gasteiger partial charge in [-0.2, -0.15) is 18.3 Å². The fraction of sp³-hybridized carbons (Fsp3) is 0.444. The van der Waals surface area contributed by atoms with E-state index in [1.807, 2.05) is 0 Å². The number of hydrogen-bond donors (Lipinski definition) is 2. The van der Waals surface area contributed by atoms with Gasteiger partial charge >= 0.3 is 6.18 Å². The second-order valence-electron chi connectivity index (χ2n) is 6.36. The summed E-state index contributed by atoms with van der Waals surface area (Å²) in [7, 11) is 3.00. The third-order valence-corrected chi connectivity index (χ3v) is 4.59. The Hall–Kier alpha value is -2.75. The van der Waals surface area contributed by atoms with Gasteiger partial charge in [-0.05, 0) is 17.7 Å². The topological polar surface area (TPSA) is 77.4 Å². The Bertz CT molecular complexity index is 820. The molecule has 0 aliphatic carbocycles. The van der Waals surface area contributed by atoms with E-state index in [9.17, 15) is 18.0 Å². The number of hydrogen-bond acceptors (Lipinski definition) is 5. The van der Waals surface area contributed by atoms with Gasteiger partial charge in [0.1, 0.15) is 17.1 Å². The van der Waals surface area contributed by atoms with Crippen LogP contribution in [0, 0.1) is 0 Å². The molecule has 1 aromatic carbocycles. The van der Waals surface area contributed by atoms with Crippen molar-refractivity contribution < 1.29 is 27.4 Å². The molecule has 7 nitrogen and oxygen atoms in total. The average molecular weight is 398 g/mol. The van der Waals surface area contributed by atoms with Crippen molar-refractivity contribution in [3.63, 3.8) is 0 Å². The number of rotatable bonds is 6. The number of benzene rings is 1. The summed E-state index contributed by atoms with van der Waals surface area (Å²) in [5.41, 5.74) is 0.719. The lowest BCUT2D eigenvalue weighted by molar-refractivity contribution is -0.173. The number of nitrogens with one attached hydrogen (secondary N) is 2.